The number of hydrogen-bond donors (Lipinski definition) is 1. The van der Waals surface area contributed by atoms with E-state index in [1.54, 1.807) is 0 Å². The maximum atomic E-state index is 6.37. The van der Waals surface area contributed by atoms with Crippen molar-refractivity contribution in [3.63, 3.8) is 0 Å². The maximum Gasteiger partial charge on any atom is 0.0500 e. The Kier molecular flexibility index (Phi) is 5.07. The van der Waals surface area contributed by atoms with E-state index < -0.39 is 0 Å². The molecule has 0 bridgehead atoms. The van der Waals surface area contributed by atoms with E-state index in [4.69, 9.17) is 28.9 Å². The summed E-state index contributed by atoms with van der Waals surface area (Å²) in [5.74, 6) is 0. The summed E-state index contributed by atoms with van der Waals surface area (Å²) >= 11 is 12.7. The third kappa shape index (κ3) is 3.22. The number of hydrogen-bond acceptors (Lipinski definition) is 3. The molecule has 1 aromatic carbocycles. The molecule has 2 unspecified atom stereocenters. The largest absolute Gasteiger partial charge is 0.329 e. The fourth-order valence-electron chi connectivity index (χ4n) is 3.73. The standard InChI is InChI=1S/C16H23Cl2N3/c17-13-4-3-5-14(18)16(13)15(10-19)21-9-6-12(11-21)20-7-1-2-8-20/h3-5,12,15H,1-2,6-11,19H2. The van der Waals surface area contributed by atoms with E-state index in [2.05, 4.69) is 9.80 Å². The Morgan fingerprint density at radius 1 is 1.14 bits per heavy atom. The van der Waals surface area contributed by atoms with Gasteiger partial charge in [0, 0.05) is 41.3 Å². The lowest BCUT2D eigenvalue weighted by Crippen LogP contribution is -2.38. The Balaban J connectivity index is 1.75. The molecule has 2 aliphatic heterocycles. The van der Waals surface area contributed by atoms with E-state index in [1.165, 1.54) is 32.4 Å². The molecule has 0 aromatic heterocycles. The predicted octanol–water partition coefficient (Wildman–Crippen LogP) is 3.16. The van der Waals surface area contributed by atoms with Gasteiger partial charge in [0.1, 0.15) is 0 Å². The Labute approximate surface area is 137 Å². The summed E-state index contributed by atoms with van der Waals surface area (Å²) in [4.78, 5) is 5.08. The van der Waals surface area contributed by atoms with Crippen molar-refractivity contribution < 1.29 is 0 Å². The zero-order chi connectivity index (χ0) is 14.8. The molecule has 1 aromatic rings. The normalized spacial score (nSPS) is 25.6. The number of rotatable bonds is 4. The van der Waals surface area contributed by atoms with Crippen molar-refractivity contribution in [2.24, 2.45) is 5.73 Å². The van der Waals surface area contributed by atoms with Crippen molar-refractivity contribution in [3.8, 4) is 0 Å². The average molecular weight is 328 g/mol. The van der Waals surface area contributed by atoms with Crippen molar-refractivity contribution in [2.75, 3.05) is 32.7 Å². The summed E-state index contributed by atoms with van der Waals surface area (Å²) in [5.41, 5.74) is 7.04. The highest BCUT2D eigenvalue weighted by Gasteiger charge is 2.34. The van der Waals surface area contributed by atoms with Gasteiger partial charge in [0.05, 0.1) is 6.04 Å². The van der Waals surface area contributed by atoms with Crippen molar-refractivity contribution >= 4 is 23.2 Å². The van der Waals surface area contributed by atoms with E-state index in [-0.39, 0.29) is 6.04 Å². The van der Waals surface area contributed by atoms with E-state index >= 15 is 0 Å². The summed E-state index contributed by atoms with van der Waals surface area (Å²) in [6, 6.07) is 6.49. The minimum atomic E-state index is 0.124. The van der Waals surface area contributed by atoms with E-state index in [9.17, 15) is 0 Å². The van der Waals surface area contributed by atoms with E-state index in [0.717, 1.165) is 28.7 Å². The van der Waals surface area contributed by atoms with Crippen LogP contribution in [0.1, 0.15) is 30.9 Å². The van der Waals surface area contributed by atoms with Crippen LogP contribution in [0.25, 0.3) is 0 Å². The van der Waals surface area contributed by atoms with Crippen molar-refractivity contribution in [2.45, 2.75) is 31.3 Å². The molecule has 0 radical (unpaired) electrons. The summed E-state index contributed by atoms with van der Waals surface area (Å²) in [5, 5.41) is 1.45. The zero-order valence-electron chi connectivity index (χ0n) is 12.3. The monoisotopic (exact) mass is 327 g/mol. The highest BCUT2D eigenvalue weighted by molar-refractivity contribution is 6.36. The van der Waals surface area contributed by atoms with Crippen LogP contribution in [0.15, 0.2) is 18.2 Å². The molecule has 116 valence electrons. The van der Waals surface area contributed by atoms with Gasteiger partial charge in [-0.1, -0.05) is 29.3 Å². The summed E-state index contributed by atoms with van der Waals surface area (Å²) in [6.45, 7) is 5.20. The third-order valence-electron chi connectivity index (χ3n) is 4.85. The van der Waals surface area contributed by atoms with E-state index in [1.807, 2.05) is 18.2 Å². The van der Waals surface area contributed by atoms with Crippen LogP contribution < -0.4 is 5.73 Å². The number of nitrogens with two attached hydrogens (primary N) is 1. The lowest BCUT2D eigenvalue weighted by molar-refractivity contribution is 0.203. The van der Waals surface area contributed by atoms with Crippen molar-refractivity contribution in [1.29, 1.82) is 0 Å². The molecule has 0 amide bonds. The quantitative estimate of drug-likeness (QED) is 0.921. The first-order valence-corrected chi connectivity index (χ1v) is 8.58. The lowest BCUT2D eigenvalue weighted by atomic mass is 10.1. The number of likely N-dealkylation sites (tertiary alicyclic amines) is 2. The molecule has 21 heavy (non-hydrogen) atoms. The molecule has 2 saturated heterocycles. The van der Waals surface area contributed by atoms with Crippen LogP contribution >= 0.6 is 23.2 Å². The van der Waals surface area contributed by atoms with Crippen LogP contribution in [0.2, 0.25) is 10.0 Å². The Morgan fingerprint density at radius 3 is 2.43 bits per heavy atom. The molecule has 2 fully saturated rings. The van der Waals surface area contributed by atoms with Gasteiger partial charge in [-0.15, -0.1) is 0 Å². The second-order valence-electron chi connectivity index (χ2n) is 6.07. The molecule has 3 nitrogen and oxygen atoms in total. The summed E-state index contributed by atoms with van der Waals surface area (Å²) in [6.07, 6.45) is 3.90. The van der Waals surface area contributed by atoms with E-state index in [0.29, 0.717) is 12.6 Å². The summed E-state index contributed by atoms with van der Waals surface area (Å²) in [7, 11) is 0. The second kappa shape index (κ2) is 6.84. The Morgan fingerprint density at radius 2 is 1.81 bits per heavy atom. The lowest BCUT2D eigenvalue weighted by Gasteiger charge is -2.30. The molecule has 0 spiro atoms. The van der Waals surface area contributed by atoms with Crippen LogP contribution in [0.3, 0.4) is 0 Å². The molecular weight excluding hydrogens is 305 g/mol. The SMILES string of the molecule is NCC(c1c(Cl)cccc1Cl)N1CCC(N2CCCC2)C1. The Hall–Kier alpha value is -0.320. The second-order valence-corrected chi connectivity index (χ2v) is 6.88. The minimum absolute atomic E-state index is 0.124. The highest BCUT2D eigenvalue weighted by atomic mass is 35.5. The van der Waals surface area contributed by atoms with Crippen LogP contribution in [-0.4, -0.2) is 48.6 Å². The van der Waals surface area contributed by atoms with Gasteiger partial charge >= 0.3 is 0 Å². The molecule has 0 saturated carbocycles. The van der Waals surface area contributed by atoms with Crippen molar-refractivity contribution in [3.05, 3.63) is 33.8 Å². The van der Waals surface area contributed by atoms with Crippen LogP contribution in [-0.2, 0) is 0 Å². The van der Waals surface area contributed by atoms with Gasteiger partial charge in [0.15, 0.2) is 0 Å². The van der Waals surface area contributed by atoms with Gasteiger partial charge in [-0.3, -0.25) is 9.80 Å². The topological polar surface area (TPSA) is 32.5 Å². The minimum Gasteiger partial charge on any atom is -0.329 e. The van der Waals surface area contributed by atoms with Gasteiger partial charge < -0.3 is 5.73 Å². The highest BCUT2D eigenvalue weighted by Crippen LogP contribution is 2.35. The Bertz CT molecular complexity index is 468. The smallest absolute Gasteiger partial charge is 0.0500 e. The third-order valence-corrected chi connectivity index (χ3v) is 5.51. The molecule has 2 N–H and O–H groups in total. The van der Waals surface area contributed by atoms with Crippen LogP contribution in [0.4, 0.5) is 0 Å². The average Bonchev–Trinajstić information content (AvgIpc) is 3.13. The molecule has 2 atom stereocenters. The van der Waals surface area contributed by atoms with Crippen LogP contribution in [0, 0.1) is 0 Å². The predicted molar refractivity (Wildman–Crippen MR) is 89.0 cm³/mol. The molecule has 3 rings (SSSR count). The van der Waals surface area contributed by atoms with Gasteiger partial charge in [0.2, 0.25) is 0 Å². The zero-order valence-corrected chi connectivity index (χ0v) is 13.8. The number of halogens is 2. The molecule has 2 heterocycles. The van der Waals surface area contributed by atoms with Gasteiger partial charge in [-0.2, -0.15) is 0 Å². The summed E-state index contributed by atoms with van der Waals surface area (Å²) < 4.78 is 0. The first-order valence-electron chi connectivity index (χ1n) is 7.82. The van der Waals surface area contributed by atoms with Gasteiger partial charge in [0.25, 0.3) is 0 Å². The van der Waals surface area contributed by atoms with Gasteiger partial charge in [-0.05, 0) is 44.5 Å². The molecule has 5 heteroatoms. The fraction of sp³-hybridized carbons (Fsp3) is 0.625. The molecular formula is C16H23Cl2N3. The number of benzene rings is 1. The van der Waals surface area contributed by atoms with Crippen molar-refractivity contribution in [1.82, 2.24) is 9.80 Å². The van der Waals surface area contributed by atoms with Crippen LogP contribution in [0.5, 0.6) is 0 Å². The molecule has 2 aliphatic rings. The first kappa shape index (κ1) is 15.6. The molecule has 0 aliphatic carbocycles. The maximum absolute atomic E-state index is 6.37. The number of nitrogens with zero attached hydrogens (tertiary/aromatic N) is 2. The fourth-order valence-corrected chi connectivity index (χ4v) is 4.38. The first-order chi connectivity index (χ1) is 10.2. The van der Waals surface area contributed by atoms with Gasteiger partial charge in [-0.25, -0.2) is 0 Å².